The lowest BCUT2D eigenvalue weighted by molar-refractivity contribution is -0.132. The van der Waals surface area contributed by atoms with Crippen LogP contribution in [0.3, 0.4) is 0 Å². The number of halogens is 1. The molecule has 0 spiro atoms. The second-order valence-electron chi connectivity index (χ2n) is 7.52. The molecule has 7 nitrogen and oxygen atoms in total. The first-order valence-electron chi connectivity index (χ1n) is 9.40. The summed E-state index contributed by atoms with van der Waals surface area (Å²) in [5, 5.41) is 10.4. The van der Waals surface area contributed by atoms with Crippen LogP contribution in [0.2, 0.25) is 0 Å². The van der Waals surface area contributed by atoms with Gasteiger partial charge >= 0.3 is 5.97 Å². The molecule has 2 aliphatic heterocycles. The predicted octanol–water partition coefficient (Wildman–Crippen LogP) is 3.20. The zero-order valence-corrected chi connectivity index (χ0v) is 17.6. The minimum atomic E-state index is -0.890. The number of aliphatic carboxylic acids is 1. The lowest BCUT2D eigenvalue weighted by atomic mass is 10.0. The number of rotatable bonds is 4. The van der Waals surface area contributed by atoms with Crippen LogP contribution in [0.1, 0.15) is 12.8 Å². The van der Waals surface area contributed by atoms with Crippen LogP contribution >= 0.6 is 15.9 Å². The Morgan fingerprint density at radius 1 is 1.43 bits per heavy atom. The highest BCUT2D eigenvalue weighted by molar-refractivity contribution is 9.10. The van der Waals surface area contributed by atoms with Crippen molar-refractivity contribution in [1.29, 1.82) is 0 Å². The number of hydrogen-bond donors (Lipinski definition) is 2. The summed E-state index contributed by atoms with van der Waals surface area (Å²) in [5.74, 6) is -0.890. The molecular formula is C20H24BrN5O2. The van der Waals surface area contributed by atoms with Gasteiger partial charge in [-0.05, 0) is 55.0 Å². The number of nitrogens with one attached hydrogen (secondary N) is 1. The Kier molecular flexibility index (Phi) is 5.16. The topological polar surface area (TPSA) is 75.7 Å². The fourth-order valence-corrected chi connectivity index (χ4v) is 4.56. The van der Waals surface area contributed by atoms with Crippen LogP contribution in [0, 0.1) is 0 Å². The van der Waals surface area contributed by atoms with Crippen LogP contribution in [0.15, 0.2) is 40.8 Å². The maximum atomic E-state index is 11.4. The Bertz CT molecular complexity index is 965. The van der Waals surface area contributed by atoms with Gasteiger partial charge in [-0.1, -0.05) is 0 Å². The van der Waals surface area contributed by atoms with E-state index in [1.807, 2.05) is 23.5 Å². The maximum Gasteiger partial charge on any atom is 0.333 e. The third kappa shape index (κ3) is 3.42. The van der Waals surface area contributed by atoms with Gasteiger partial charge in [0.05, 0.1) is 33.4 Å². The lowest BCUT2D eigenvalue weighted by Gasteiger charge is -2.38. The minimum Gasteiger partial charge on any atom is -0.478 e. The van der Waals surface area contributed by atoms with Gasteiger partial charge in [-0.3, -0.25) is 0 Å². The third-order valence-electron chi connectivity index (χ3n) is 5.54. The van der Waals surface area contributed by atoms with Gasteiger partial charge in [0.1, 0.15) is 5.65 Å². The number of allylic oxidation sites excluding steroid dienone is 2. The van der Waals surface area contributed by atoms with Crippen LogP contribution < -0.4 is 9.80 Å². The van der Waals surface area contributed by atoms with E-state index in [4.69, 9.17) is 0 Å². The van der Waals surface area contributed by atoms with E-state index in [-0.39, 0.29) is 0 Å². The van der Waals surface area contributed by atoms with E-state index in [2.05, 4.69) is 49.8 Å². The Balaban J connectivity index is 1.77. The average Bonchev–Trinajstić information content (AvgIpc) is 3.12. The Labute approximate surface area is 172 Å². The van der Waals surface area contributed by atoms with E-state index >= 15 is 0 Å². The number of nitrogens with zero attached hydrogens (tertiary/aromatic N) is 4. The van der Waals surface area contributed by atoms with Crippen molar-refractivity contribution in [3.63, 3.8) is 0 Å². The molecule has 2 aromatic heterocycles. The summed E-state index contributed by atoms with van der Waals surface area (Å²) < 4.78 is 0.954. The van der Waals surface area contributed by atoms with Crippen LogP contribution in [0.25, 0.3) is 11.0 Å². The normalized spacial score (nSPS) is 20.1. The first-order valence-corrected chi connectivity index (χ1v) is 10.2. The van der Waals surface area contributed by atoms with E-state index in [9.17, 15) is 9.90 Å². The van der Waals surface area contributed by atoms with Crippen molar-refractivity contribution >= 4 is 44.3 Å². The molecule has 1 fully saturated rings. The molecule has 28 heavy (non-hydrogen) atoms. The van der Waals surface area contributed by atoms with Gasteiger partial charge in [-0.25, -0.2) is 9.78 Å². The molecule has 2 N–H and O–H groups in total. The van der Waals surface area contributed by atoms with Crippen molar-refractivity contribution < 1.29 is 9.90 Å². The number of carbonyl (C=O) groups is 1. The zero-order valence-electron chi connectivity index (χ0n) is 16.0. The molecule has 0 bridgehead atoms. The van der Waals surface area contributed by atoms with Crippen LogP contribution in [0.5, 0.6) is 0 Å². The maximum absolute atomic E-state index is 11.4. The number of carboxylic acids is 1. The number of H-pyrrole nitrogens is 1. The number of hydrogen-bond acceptors (Lipinski definition) is 5. The Morgan fingerprint density at radius 2 is 2.25 bits per heavy atom. The highest BCUT2D eigenvalue weighted by Gasteiger charge is 2.27. The molecule has 0 radical (unpaired) electrons. The molecule has 1 atom stereocenters. The van der Waals surface area contributed by atoms with Crippen molar-refractivity contribution in [2.45, 2.75) is 18.9 Å². The van der Waals surface area contributed by atoms with Crippen LogP contribution in [0.4, 0.5) is 11.4 Å². The molecule has 2 aliphatic rings. The van der Waals surface area contributed by atoms with Crippen molar-refractivity contribution in [1.82, 2.24) is 14.9 Å². The molecule has 0 aliphatic carbocycles. The number of anilines is 2. The Morgan fingerprint density at radius 3 is 3.00 bits per heavy atom. The standard InChI is InChI=1S/C20H24BrN5O2/c1-24(2)14-6-4-8-26(12-14)18-15(21)9-22-19-17(18)16(10-23-19)25-7-3-5-13(11-25)20(27)28/h3,5,7,9-10,14H,4,6,8,11-12H2,1-2H3,(H,22,23)(H,27,28). The number of likely N-dealkylation sites (N-methyl/N-ethyl adjacent to an activating group) is 1. The predicted molar refractivity (Wildman–Crippen MR) is 115 cm³/mol. The number of aromatic amines is 1. The minimum absolute atomic E-state index is 0.324. The summed E-state index contributed by atoms with van der Waals surface area (Å²) in [6, 6.07) is 0.502. The second-order valence-corrected chi connectivity index (χ2v) is 8.38. The molecule has 8 heteroatoms. The van der Waals surface area contributed by atoms with E-state index < -0.39 is 5.97 Å². The summed E-state index contributed by atoms with van der Waals surface area (Å²) in [7, 11) is 4.26. The summed E-state index contributed by atoms with van der Waals surface area (Å²) in [6.07, 6.45) is 11.4. The summed E-state index contributed by atoms with van der Waals surface area (Å²) in [6.45, 7) is 2.26. The van der Waals surface area contributed by atoms with Gasteiger partial charge in [0.15, 0.2) is 0 Å². The SMILES string of the molecule is CN(C)C1CCCN(c2c(Br)cnc3[nH]cc(N4C=CC=C(C(=O)O)C4)c23)C1. The summed E-state index contributed by atoms with van der Waals surface area (Å²) in [5.41, 5.74) is 3.23. The van der Waals surface area contributed by atoms with E-state index in [0.29, 0.717) is 18.2 Å². The van der Waals surface area contributed by atoms with Gasteiger partial charge in [0.2, 0.25) is 0 Å². The summed E-state index contributed by atoms with van der Waals surface area (Å²) >= 11 is 3.71. The van der Waals surface area contributed by atoms with Gasteiger partial charge < -0.3 is 24.8 Å². The van der Waals surface area contributed by atoms with E-state index in [1.54, 1.807) is 12.2 Å². The van der Waals surface area contributed by atoms with Gasteiger partial charge in [-0.15, -0.1) is 0 Å². The molecular weight excluding hydrogens is 422 g/mol. The van der Waals surface area contributed by atoms with Gasteiger partial charge in [-0.2, -0.15) is 0 Å². The molecule has 4 heterocycles. The Hall–Kier alpha value is -2.32. The number of aromatic nitrogens is 2. The molecule has 0 aromatic carbocycles. The largest absolute Gasteiger partial charge is 0.478 e. The fourth-order valence-electron chi connectivity index (χ4n) is 4.01. The van der Waals surface area contributed by atoms with Crippen molar-refractivity contribution in [3.8, 4) is 0 Å². The third-order valence-corrected chi connectivity index (χ3v) is 6.12. The van der Waals surface area contributed by atoms with Gasteiger partial charge in [0.25, 0.3) is 0 Å². The molecule has 1 unspecified atom stereocenters. The first kappa shape index (κ1) is 19.0. The molecule has 148 valence electrons. The quantitative estimate of drug-likeness (QED) is 0.752. The summed E-state index contributed by atoms with van der Waals surface area (Å²) in [4.78, 5) is 25.9. The molecule has 0 saturated carbocycles. The molecule has 1 saturated heterocycles. The average molecular weight is 446 g/mol. The van der Waals surface area contributed by atoms with Crippen molar-refractivity contribution in [2.75, 3.05) is 43.5 Å². The van der Waals surface area contributed by atoms with Crippen LogP contribution in [-0.2, 0) is 4.79 Å². The molecule has 4 rings (SSSR count). The lowest BCUT2D eigenvalue weighted by Crippen LogP contribution is -2.45. The second kappa shape index (κ2) is 7.60. The number of carboxylic acid groups (broad SMARTS) is 1. The van der Waals surface area contributed by atoms with Crippen molar-refractivity contribution in [2.24, 2.45) is 0 Å². The molecule has 2 aromatic rings. The number of fused-ring (bicyclic) bond motifs is 1. The molecule has 0 amide bonds. The van der Waals surface area contributed by atoms with E-state index in [1.165, 1.54) is 6.42 Å². The van der Waals surface area contributed by atoms with Gasteiger partial charge in [0, 0.05) is 37.7 Å². The number of pyridine rings is 1. The van der Waals surface area contributed by atoms with Crippen LogP contribution in [-0.4, -0.2) is 65.7 Å². The monoisotopic (exact) mass is 445 g/mol. The zero-order chi connectivity index (χ0) is 19.8. The first-order chi connectivity index (χ1) is 13.5. The van der Waals surface area contributed by atoms with E-state index in [0.717, 1.165) is 46.4 Å². The highest BCUT2D eigenvalue weighted by atomic mass is 79.9. The number of piperidine rings is 1. The van der Waals surface area contributed by atoms with Crippen molar-refractivity contribution in [3.05, 3.63) is 40.8 Å². The highest BCUT2D eigenvalue weighted by Crippen LogP contribution is 2.41. The smallest absolute Gasteiger partial charge is 0.333 e. The fraction of sp³-hybridized carbons (Fsp3) is 0.400.